The SMILES string of the molecule is C[C@@H]1CC2C3CCC4=CC(=O)C(N)=C[C@]4(C)[C@@]3(F)[C@@H](O)C[C@]2(C)[C@@]1(O)C(=O)CO. The van der Waals surface area contributed by atoms with E-state index in [1.165, 1.54) is 12.2 Å². The molecule has 0 aliphatic heterocycles. The van der Waals surface area contributed by atoms with Crippen molar-refractivity contribution < 1.29 is 29.3 Å². The molecule has 4 aliphatic carbocycles. The number of hydrogen-bond acceptors (Lipinski definition) is 6. The van der Waals surface area contributed by atoms with E-state index in [4.69, 9.17) is 5.73 Å². The fourth-order valence-electron chi connectivity index (χ4n) is 7.38. The zero-order valence-corrected chi connectivity index (χ0v) is 17.1. The van der Waals surface area contributed by atoms with Gasteiger partial charge in [0.25, 0.3) is 0 Å². The maximum atomic E-state index is 17.0. The maximum Gasteiger partial charge on any atom is 0.201 e. The molecule has 0 radical (unpaired) electrons. The first-order valence-electron chi connectivity index (χ1n) is 10.3. The minimum Gasteiger partial charge on any atom is -0.396 e. The summed E-state index contributed by atoms with van der Waals surface area (Å²) in [6.07, 6.45) is 2.61. The van der Waals surface area contributed by atoms with Gasteiger partial charge in [-0.05, 0) is 56.6 Å². The molecule has 160 valence electrons. The number of ketones is 2. The van der Waals surface area contributed by atoms with Crippen molar-refractivity contribution in [1.82, 2.24) is 0 Å². The van der Waals surface area contributed by atoms with Crippen molar-refractivity contribution >= 4 is 11.6 Å². The van der Waals surface area contributed by atoms with Crippen LogP contribution in [0.2, 0.25) is 0 Å². The molecule has 0 aromatic carbocycles. The number of halogens is 1. The van der Waals surface area contributed by atoms with Crippen LogP contribution in [-0.2, 0) is 9.59 Å². The lowest BCUT2D eigenvalue weighted by molar-refractivity contribution is -0.219. The van der Waals surface area contributed by atoms with Crippen LogP contribution in [0.15, 0.2) is 23.4 Å². The smallest absolute Gasteiger partial charge is 0.201 e. The molecule has 8 atom stereocenters. The van der Waals surface area contributed by atoms with Gasteiger partial charge >= 0.3 is 0 Å². The summed E-state index contributed by atoms with van der Waals surface area (Å²) in [6.45, 7) is 4.37. The average Bonchev–Trinajstić information content (AvgIpc) is 2.85. The molecule has 0 amide bonds. The minimum absolute atomic E-state index is 0.0267. The second-order valence-electron chi connectivity index (χ2n) is 9.98. The van der Waals surface area contributed by atoms with E-state index in [1.807, 2.05) is 0 Å². The van der Waals surface area contributed by atoms with Crippen molar-refractivity contribution in [3.05, 3.63) is 23.4 Å². The summed E-state index contributed by atoms with van der Waals surface area (Å²) in [6, 6.07) is 0. The van der Waals surface area contributed by atoms with E-state index in [1.54, 1.807) is 20.8 Å². The number of nitrogens with two attached hydrogens (primary N) is 1. The molecule has 0 spiro atoms. The van der Waals surface area contributed by atoms with Crippen LogP contribution in [0, 0.1) is 28.6 Å². The lowest BCUT2D eigenvalue weighted by atomic mass is 9.44. The predicted octanol–water partition coefficient (Wildman–Crippen LogP) is 1.18. The molecule has 5 N–H and O–H groups in total. The first-order valence-corrected chi connectivity index (χ1v) is 10.3. The van der Waals surface area contributed by atoms with Gasteiger partial charge in [0, 0.05) is 16.7 Å². The average molecular weight is 407 g/mol. The van der Waals surface area contributed by atoms with Crippen LogP contribution >= 0.6 is 0 Å². The third-order valence-corrected chi connectivity index (χ3v) is 8.93. The molecule has 29 heavy (non-hydrogen) atoms. The number of alkyl halides is 1. The highest BCUT2D eigenvalue weighted by atomic mass is 19.1. The molecule has 0 aromatic rings. The number of carbonyl (C=O) groups is 2. The van der Waals surface area contributed by atoms with Gasteiger partial charge in [0.2, 0.25) is 5.78 Å². The quantitative estimate of drug-likeness (QED) is 0.546. The second-order valence-corrected chi connectivity index (χ2v) is 9.98. The van der Waals surface area contributed by atoms with Gasteiger partial charge < -0.3 is 21.1 Å². The fraction of sp³-hybridized carbons (Fsp3) is 0.727. The molecule has 3 saturated carbocycles. The van der Waals surface area contributed by atoms with Crippen molar-refractivity contribution in [1.29, 1.82) is 0 Å². The molecule has 3 fully saturated rings. The van der Waals surface area contributed by atoms with Gasteiger partial charge in [-0.15, -0.1) is 0 Å². The molecule has 6 nitrogen and oxygen atoms in total. The Morgan fingerprint density at radius 1 is 1.34 bits per heavy atom. The zero-order valence-electron chi connectivity index (χ0n) is 17.1. The first-order chi connectivity index (χ1) is 13.4. The van der Waals surface area contributed by atoms with Gasteiger partial charge in [-0.3, -0.25) is 9.59 Å². The Kier molecular flexibility index (Phi) is 4.27. The topological polar surface area (TPSA) is 121 Å². The Hall–Kier alpha value is -1.57. The maximum absolute atomic E-state index is 17.0. The van der Waals surface area contributed by atoms with Crippen LogP contribution in [0.3, 0.4) is 0 Å². The third kappa shape index (κ3) is 2.16. The van der Waals surface area contributed by atoms with Crippen LogP contribution in [0.1, 0.15) is 46.5 Å². The molecule has 0 heterocycles. The van der Waals surface area contributed by atoms with Gasteiger partial charge in [0.05, 0.1) is 11.8 Å². The van der Waals surface area contributed by atoms with Crippen LogP contribution in [0.4, 0.5) is 4.39 Å². The van der Waals surface area contributed by atoms with Crippen molar-refractivity contribution in [3.63, 3.8) is 0 Å². The lowest BCUT2D eigenvalue weighted by Gasteiger charge is -2.62. The Labute approximate surface area is 169 Å². The van der Waals surface area contributed by atoms with E-state index < -0.39 is 52.4 Å². The van der Waals surface area contributed by atoms with E-state index in [2.05, 4.69) is 0 Å². The number of fused-ring (bicyclic) bond motifs is 5. The van der Waals surface area contributed by atoms with Gasteiger partial charge in [-0.1, -0.05) is 19.4 Å². The molecular formula is C22H30FNO5. The van der Waals surface area contributed by atoms with Crippen LogP contribution in [-0.4, -0.2) is 50.9 Å². The van der Waals surface area contributed by atoms with Gasteiger partial charge in [-0.25, -0.2) is 4.39 Å². The van der Waals surface area contributed by atoms with Gasteiger partial charge in [0.1, 0.15) is 12.2 Å². The minimum atomic E-state index is -2.07. The Morgan fingerprint density at radius 3 is 2.62 bits per heavy atom. The molecular weight excluding hydrogens is 377 g/mol. The largest absolute Gasteiger partial charge is 0.396 e. The Morgan fingerprint density at radius 2 is 2.00 bits per heavy atom. The molecule has 4 aliphatic rings. The number of allylic oxidation sites excluding steroid dienone is 3. The molecule has 7 heteroatoms. The number of rotatable bonds is 2. The highest BCUT2D eigenvalue weighted by Crippen LogP contribution is 2.70. The number of aliphatic hydroxyl groups excluding tert-OH is 2. The summed E-state index contributed by atoms with van der Waals surface area (Å²) in [5.41, 5.74) is 0.301. The first kappa shape index (κ1) is 20.7. The fourth-order valence-corrected chi connectivity index (χ4v) is 7.38. The summed E-state index contributed by atoms with van der Waals surface area (Å²) < 4.78 is 17.0. The van der Waals surface area contributed by atoms with Crippen LogP contribution in [0.25, 0.3) is 0 Å². The molecule has 0 saturated heterocycles. The summed E-state index contributed by atoms with van der Waals surface area (Å²) >= 11 is 0. The van der Waals surface area contributed by atoms with Crippen molar-refractivity contribution in [2.45, 2.75) is 63.8 Å². The number of Topliss-reactive ketones (excluding diaryl/α,β-unsaturated/α-hetero) is 1. The standard InChI is InChI=1S/C22H30FNO5/c1-11-6-14-13-5-4-12-7-16(26)15(24)8-19(12,2)21(13,23)17(27)9-20(14,3)22(11,29)18(28)10-25/h7-8,11,13-14,17,25,27,29H,4-6,9-10,24H2,1-3H3/t11-,13?,14?,17+,19+,20+,21+,22+/m1/s1. The summed E-state index contributed by atoms with van der Waals surface area (Å²) in [4.78, 5) is 24.6. The Bertz CT molecular complexity index is 854. The van der Waals surface area contributed by atoms with Crippen LogP contribution < -0.4 is 5.73 Å². The molecule has 2 unspecified atom stereocenters. The van der Waals surface area contributed by atoms with Crippen molar-refractivity contribution in [2.24, 2.45) is 34.3 Å². The summed E-state index contributed by atoms with van der Waals surface area (Å²) in [5.74, 6) is -2.45. The zero-order chi connectivity index (χ0) is 21.6. The van der Waals surface area contributed by atoms with Crippen molar-refractivity contribution in [3.8, 4) is 0 Å². The highest BCUT2D eigenvalue weighted by Gasteiger charge is 2.75. The monoisotopic (exact) mass is 407 g/mol. The van der Waals surface area contributed by atoms with Gasteiger partial charge in [-0.2, -0.15) is 0 Å². The van der Waals surface area contributed by atoms with E-state index in [0.717, 1.165) is 0 Å². The normalized spacial score (nSPS) is 51.5. The number of carbonyl (C=O) groups excluding carboxylic acids is 2. The number of hydrogen-bond donors (Lipinski definition) is 4. The number of aliphatic hydroxyl groups is 3. The lowest BCUT2D eigenvalue weighted by Crippen LogP contribution is -2.69. The summed E-state index contributed by atoms with van der Waals surface area (Å²) in [7, 11) is 0. The third-order valence-electron chi connectivity index (χ3n) is 8.93. The van der Waals surface area contributed by atoms with Gasteiger partial charge in [0.15, 0.2) is 11.5 Å². The van der Waals surface area contributed by atoms with Crippen molar-refractivity contribution in [2.75, 3.05) is 6.61 Å². The highest BCUT2D eigenvalue weighted by molar-refractivity contribution is 6.05. The van der Waals surface area contributed by atoms with E-state index in [0.29, 0.717) is 24.8 Å². The van der Waals surface area contributed by atoms with E-state index in [9.17, 15) is 24.9 Å². The summed E-state index contributed by atoms with van der Waals surface area (Å²) in [5, 5.41) is 32.1. The second kappa shape index (κ2) is 5.99. The molecule has 0 bridgehead atoms. The molecule has 4 rings (SSSR count). The van der Waals surface area contributed by atoms with Crippen LogP contribution in [0.5, 0.6) is 0 Å². The predicted molar refractivity (Wildman–Crippen MR) is 103 cm³/mol. The molecule has 0 aromatic heterocycles. The van der Waals surface area contributed by atoms with E-state index >= 15 is 4.39 Å². The Balaban J connectivity index is 1.85. The van der Waals surface area contributed by atoms with E-state index in [-0.39, 0.29) is 23.8 Å².